The lowest BCUT2D eigenvalue weighted by Crippen LogP contribution is -2.55. The smallest absolute Gasteiger partial charge is 0.237 e. The van der Waals surface area contributed by atoms with Crippen LogP contribution in [0.25, 0.3) is 11.1 Å². The van der Waals surface area contributed by atoms with Gasteiger partial charge < -0.3 is 15.2 Å². The predicted molar refractivity (Wildman–Crippen MR) is 122 cm³/mol. The molecule has 1 aliphatic heterocycles. The van der Waals surface area contributed by atoms with Crippen molar-refractivity contribution in [2.24, 2.45) is 0 Å². The summed E-state index contributed by atoms with van der Waals surface area (Å²) in [7, 11) is 0. The Bertz CT molecular complexity index is 831. The summed E-state index contributed by atoms with van der Waals surface area (Å²) < 4.78 is 5.79. The lowest BCUT2D eigenvalue weighted by Gasteiger charge is -2.38. The molecule has 2 N–H and O–H groups in total. The lowest BCUT2D eigenvalue weighted by atomic mass is 10.1. The first kappa shape index (κ1) is 21.8. The molecule has 1 amide bonds. The summed E-state index contributed by atoms with van der Waals surface area (Å²) in [6, 6.07) is 18.5. The first-order chi connectivity index (χ1) is 15.1. The molecule has 31 heavy (non-hydrogen) atoms. The summed E-state index contributed by atoms with van der Waals surface area (Å²) in [5, 5.41) is 13.5. The van der Waals surface area contributed by atoms with Crippen LogP contribution in [0.3, 0.4) is 0 Å². The molecule has 0 bridgehead atoms. The van der Waals surface area contributed by atoms with Crippen LogP contribution in [-0.4, -0.2) is 78.3 Å². The minimum atomic E-state index is -0.545. The van der Waals surface area contributed by atoms with Gasteiger partial charge >= 0.3 is 0 Å². The van der Waals surface area contributed by atoms with Crippen LogP contribution in [-0.2, 0) is 4.79 Å². The van der Waals surface area contributed by atoms with Gasteiger partial charge in [0.05, 0.1) is 6.04 Å². The number of nitrogens with one attached hydrogen (secondary N) is 1. The zero-order valence-electron chi connectivity index (χ0n) is 18.2. The third kappa shape index (κ3) is 6.29. The van der Waals surface area contributed by atoms with Gasteiger partial charge in [0.25, 0.3) is 0 Å². The Morgan fingerprint density at radius 2 is 1.68 bits per heavy atom. The molecule has 166 valence electrons. The fourth-order valence-electron chi connectivity index (χ4n) is 3.97. The van der Waals surface area contributed by atoms with Crippen LogP contribution in [0.1, 0.15) is 19.8 Å². The Morgan fingerprint density at radius 3 is 2.32 bits per heavy atom. The van der Waals surface area contributed by atoms with E-state index in [1.54, 1.807) is 0 Å². The third-order valence-electron chi connectivity index (χ3n) is 6.13. The van der Waals surface area contributed by atoms with Crippen molar-refractivity contribution in [2.45, 2.75) is 38.0 Å². The SMILES string of the molecule is CC(C(=O)NC1CC1)N1CCN(CC(O)COc2ccc(-c3ccccc3)cc2)CC1. The van der Waals surface area contributed by atoms with Gasteiger partial charge in [-0.1, -0.05) is 42.5 Å². The van der Waals surface area contributed by atoms with Gasteiger partial charge in [-0.2, -0.15) is 0 Å². The Labute approximate surface area is 184 Å². The normalized spacial score (nSPS) is 19.5. The van der Waals surface area contributed by atoms with E-state index in [2.05, 4.69) is 27.2 Å². The molecule has 0 spiro atoms. The Kier molecular flexibility index (Phi) is 7.22. The van der Waals surface area contributed by atoms with Crippen LogP contribution in [0, 0.1) is 0 Å². The van der Waals surface area contributed by atoms with E-state index in [0.29, 0.717) is 12.6 Å². The molecule has 6 heteroatoms. The molecule has 2 aromatic carbocycles. The number of carbonyl (C=O) groups is 1. The van der Waals surface area contributed by atoms with Gasteiger partial charge in [0.15, 0.2) is 0 Å². The van der Waals surface area contributed by atoms with Gasteiger partial charge in [-0.3, -0.25) is 14.6 Å². The number of hydrogen-bond acceptors (Lipinski definition) is 5. The molecule has 2 fully saturated rings. The minimum absolute atomic E-state index is 0.0881. The molecule has 2 aliphatic rings. The number of β-amino-alcohol motifs (C(OH)–C–C–N with tert-alkyl or cyclic N) is 1. The Hall–Kier alpha value is -2.41. The van der Waals surface area contributed by atoms with Crippen LogP contribution in [0.5, 0.6) is 5.75 Å². The first-order valence-corrected chi connectivity index (χ1v) is 11.3. The van der Waals surface area contributed by atoms with Crippen LogP contribution >= 0.6 is 0 Å². The number of carbonyl (C=O) groups excluding carboxylic acids is 1. The first-order valence-electron chi connectivity index (χ1n) is 11.3. The van der Waals surface area contributed by atoms with Crippen molar-refractivity contribution in [3.8, 4) is 16.9 Å². The van der Waals surface area contributed by atoms with Gasteiger partial charge in [0, 0.05) is 38.8 Å². The summed E-state index contributed by atoms with van der Waals surface area (Å²) in [4.78, 5) is 16.7. The van der Waals surface area contributed by atoms with Crippen molar-refractivity contribution in [3.05, 3.63) is 54.6 Å². The van der Waals surface area contributed by atoms with Crippen molar-refractivity contribution in [1.29, 1.82) is 0 Å². The molecule has 2 unspecified atom stereocenters. The summed E-state index contributed by atoms with van der Waals surface area (Å²) in [5.41, 5.74) is 2.32. The number of benzene rings is 2. The van der Waals surface area contributed by atoms with Gasteiger partial charge in [0.2, 0.25) is 5.91 Å². The number of amides is 1. The second kappa shape index (κ2) is 10.3. The molecule has 1 aliphatic carbocycles. The number of aliphatic hydroxyl groups is 1. The highest BCUT2D eigenvalue weighted by Crippen LogP contribution is 2.22. The Balaban J connectivity index is 1.17. The number of nitrogens with zero attached hydrogens (tertiary/aromatic N) is 2. The van der Waals surface area contributed by atoms with E-state index in [0.717, 1.165) is 50.3 Å². The lowest BCUT2D eigenvalue weighted by molar-refractivity contribution is -0.126. The maximum atomic E-state index is 12.3. The van der Waals surface area contributed by atoms with Crippen molar-refractivity contribution >= 4 is 5.91 Å². The average Bonchev–Trinajstić information content (AvgIpc) is 3.63. The maximum absolute atomic E-state index is 12.3. The molecule has 1 saturated heterocycles. The molecular weight excluding hydrogens is 390 g/mol. The molecule has 0 aromatic heterocycles. The molecule has 4 rings (SSSR count). The number of rotatable bonds is 9. The maximum Gasteiger partial charge on any atom is 0.237 e. The fraction of sp³-hybridized carbons (Fsp3) is 0.480. The second-order valence-corrected chi connectivity index (χ2v) is 8.65. The van der Waals surface area contributed by atoms with Crippen LogP contribution < -0.4 is 10.1 Å². The highest BCUT2D eigenvalue weighted by atomic mass is 16.5. The van der Waals surface area contributed by atoms with Gasteiger partial charge in [-0.05, 0) is 43.0 Å². The van der Waals surface area contributed by atoms with E-state index in [1.807, 2.05) is 49.4 Å². The van der Waals surface area contributed by atoms with E-state index in [9.17, 15) is 9.90 Å². The number of hydrogen-bond donors (Lipinski definition) is 2. The molecule has 6 nitrogen and oxygen atoms in total. The standard InChI is InChI=1S/C25H33N3O3/c1-19(25(30)26-22-9-10-22)28-15-13-27(14-16-28)17-23(29)18-31-24-11-7-21(8-12-24)20-5-3-2-4-6-20/h2-8,11-12,19,22-23,29H,9-10,13-18H2,1H3,(H,26,30). The van der Waals surface area contributed by atoms with E-state index in [-0.39, 0.29) is 18.6 Å². The molecule has 2 aromatic rings. The number of ether oxygens (including phenoxy) is 1. The topological polar surface area (TPSA) is 65.0 Å². The second-order valence-electron chi connectivity index (χ2n) is 8.65. The van der Waals surface area contributed by atoms with Crippen molar-refractivity contribution < 1.29 is 14.6 Å². The van der Waals surface area contributed by atoms with Crippen LogP contribution in [0.4, 0.5) is 0 Å². The third-order valence-corrected chi connectivity index (χ3v) is 6.13. The molecular formula is C25H33N3O3. The van der Waals surface area contributed by atoms with Crippen LogP contribution in [0.15, 0.2) is 54.6 Å². The van der Waals surface area contributed by atoms with Gasteiger partial charge in [-0.25, -0.2) is 0 Å². The zero-order valence-corrected chi connectivity index (χ0v) is 18.2. The van der Waals surface area contributed by atoms with E-state index in [1.165, 1.54) is 5.56 Å². The van der Waals surface area contributed by atoms with Crippen molar-refractivity contribution in [3.63, 3.8) is 0 Å². The van der Waals surface area contributed by atoms with E-state index in [4.69, 9.17) is 4.74 Å². The van der Waals surface area contributed by atoms with E-state index < -0.39 is 6.10 Å². The van der Waals surface area contributed by atoms with Crippen molar-refractivity contribution in [2.75, 3.05) is 39.3 Å². The monoisotopic (exact) mass is 423 g/mol. The average molecular weight is 424 g/mol. The largest absolute Gasteiger partial charge is 0.491 e. The number of aliphatic hydroxyl groups excluding tert-OH is 1. The molecule has 1 heterocycles. The molecule has 0 radical (unpaired) electrons. The number of piperazine rings is 1. The summed E-state index contributed by atoms with van der Waals surface area (Å²) in [6.45, 7) is 6.22. The Morgan fingerprint density at radius 1 is 1.03 bits per heavy atom. The van der Waals surface area contributed by atoms with Crippen molar-refractivity contribution in [1.82, 2.24) is 15.1 Å². The molecule has 2 atom stereocenters. The molecule has 1 saturated carbocycles. The quantitative estimate of drug-likeness (QED) is 0.648. The van der Waals surface area contributed by atoms with Gasteiger partial charge in [0.1, 0.15) is 18.5 Å². The highest BCUT2D eigenvalue weighted by Gasteiger charge is 2.30. The predicted octanol–water partition coefficient (Wildman–Crippen LogP) is 2.38. The minimum Gasteiger partial charge on any atom is -0.491 e. The summed E-state index contributed by atoms with van der Waals surface area (Å²) in [5.74, 6) is 0.904. The summed E-state index contributed by atoms with van der Waals surface area (Å²) in [6.07, 6.45) is 1.68. The van der Waals surface area contributed by atoms with Crippen LogP contribution in [0.2, 0.25) is 0 Å². The van der Waals surface area contributed by atoms with E-state index >= 15 is 0 Å². The van der Waals surface area contributed by atoms with Gasteiger partial charge in [-0.15, -0.1) is 0 Å². The zero-order chi connectivity index (χ0) is 21.6. The summed E-state index contributed by atoms with van der Waals surface area (Å²) >= 11 is 0. The fourth-order valence-corrected chi connectivity index (χ4v) is 3.97. The highest BCUT2D eigenvalue weighted by molar-refractivity contribution is 5.81.